The summed E-state index contributed by atoms with van der Waals surface area (Å²) in [5.41, 5.74) is 0. The van der Waals surface area contributed by atoms with Crippen LogP contribution in [-0.2, 0) is 0 Å². The maximum Gasteiger partial charge on any atom is -0.0443 e. The average Bonchev–Trinajstić information content (AvgIpc) is 2.30. The van der Waals surface area contributed by atoms with Gasteiger partial charge in [0.2, 0.25) is 0 Å². The first kappa shape index (κ1) is 6.00. The van der Waals surface area contributed by atoms with Crippen LogP contribution in [0.1, 0.15) is 33.6 Å². The molecule has 0 aromatic heterocycles. The maximum absolute atomic E-state index is 2.28. The van der Waals surface area contributed by atoms with Crippen molar-refractivity contribution in [3.8, 4) is 0 Å². The third kappa shape index (κ3) is 4.00. The molecule has 38 valence electrons. The van der Waals surface area contributed by atoms with E-state index in [1.807, 2.05) is 13.8 Å². The first-order valence-corrected chi connectivity index (χ1v) is 2.89. The Labute approximate surface area is 40.6 Å². The van der Waals surface area contributed by atoms with Gasteiger partial charge in [0.1, 0.15) is 0 Å². The van der Waals surface area contributed by atoms with Gasteiger partial charge in [-0.3, -0.25) is 0 Å². The van der Waals surface area contributed by atoms with E-state index < -0.39 is 0 Å². The van der Waals surface area contributed by atoms with Gasteiger partial charge in [-0.05, 0) is 5.92 Å². The molecule has 0 heterocycles. The van der Waals surface area contributed by atoms with Crippen molar-refractivity contribution in [3.05, 3.63) is 0 Å². The molecule has 1 rings (SSSR count). The summed E-state index contributed by atoms with van der Waals surface area (Å²) in [6, 6.07) is 0. The second-order valence-electron chi connectivity index (χ2n) is 1.68. The standard InChI is InChI=1S/C4H8.C2H6/c1-4-2-3-4;1-2/h4H,2-3H2,1H3;1-2H3. The van der Waals surface area contributed by atoms with Gasteiger partial charge in [-0.1, -0.05) is 33.6 Å². The molecule has 1 saturated carbocycles. The predicted molar refractivity (Wildman–Crippen MR) is 29.7 cm³/mol. The molecule has 0 spiro atoms. The molecule has 6 heavy (non-hydrogen) atoms. The van der Waals surface area contributed by atoms with E-state index in [9.17, 15) is 0 Å². The van der Waals surface area contributed by atoms with Crippen LogP contribution in [0.25, 0.3) is 0 Å². The summed E-state index contributed by atoms with van der Waals surface area (Å²) in [7, 11) is 0. The summed E-state index contributed by atoms with van der Waals surface area (Å²) in [5, 5.41) is 0. The molecule has 0 amide bonds. The quantitative estimate of drug-likeness (QED) is 0.424. The monoisotopic (exact) mass is 86.1 g/mol. The van der Waals surface area contributed by atoms with Gasteiger partial charge in [-0.25, -0.2) is 0 Å². The molecule has 0 unspecified atom stereocenters. The van der Waals surface area contributed by atoms with Gasteiger partial charge in [0.15, 0.2) is 0 Å². The van der Waals surface area contributed by atoms with Gasteiger partial charge >= 0.3 is 0 Å². The topological polar surface area (TPSA) is 0 Å². The molecule has 0 N–H and O–H groups in total. The summed E-state index contributed by atoms with van der Waals surface area (Å²) >= 11 is 0. The van der Waals surface area contributed by atoms with Gasteiger partial charge in [0, 0.05) is 0 Å². The van der Waals surface area contributed by atoms with E-state index in [4.69, 9.17) is 0 Å². The van der Waals surface area contributed by atoms with Crippen LogP contribution in [0, 0.1) is 5.92 Å². The fourth-order valence-corrected chi connectivity index (χ4v) is 0.167. The van der Waals surface area contributed by atoms with Crippen molar-refractivity contribution >= 4 is 0 Å². The minimum atomic E-state index is 1.08. The van der Waals surface area contributed by atoms with Crippen molar-refractivity contribution in [1.82, 2.24) is 0 Å². The van der Waals surface area contributed by atoms with Crippen LogP contribution in [0.5, 0.6) is 0 Å². The Kier molecular flexibility index (Phi) is 3.20. The summed E-state index contributed by atoms with van der Waals surface area (Å²) in [6.07, 6.45) is 2.97. The molecule has 0 bridgehead atoms. The zero-order valence-corrected chi connectivity index (χ0v) is 4.99. The number of rotatable bonds is 0. The van der Waals surface area contributed by atoms with Crippen LogP contribution in [0.4, 0.5) is 0 Å². The fourth-order valence-electron chi connectivity index (χ4n) is 0.167. The Hall–Kier alpha value is 0. The molecule has 1 aliphatic rings. The average molecular weight is 86.2 g/mol. The van der Waals surface area contributed by atoms with E-state index in [0.29, 0.717) is 0 Å². The van der Waals surface area contributed by atoms with Gasteiger partial charge in [0.05, 0.1) is 0 Å². The second-order valence-corrected chi connectivity index (χ2v) is 1.68. The molecule has 0 aromatic carbocycles. The highest BCUT2D eigenvalue weighted by atomic mass is 14.2. The summed E-state index contributed by atoms with van der Waals surface area (Å²) in [4.78, 5) is 0. The first-order valence-electron chi connectivity index (χ1n) is 2.89. The van der Waals surface area contributed by atoms with Crippen LogP contribution in [0.15, 0.2) is 0 Å². The molecule has 0 atom stereocenters. The van der Waals surface area contributed by atoms with Gasteiger partial charge in [-0.2, -0.15) is 0 Å². The Morgan fingerprint density at radius 1 is 1.17 bits per heavy atom. The molecular formula is C6H14. The Morgan fingerprint density at radius 2 is 1.33 bits per heavy atom. The van der Waals surface area contributed by atoms with E-state index in [1.165, 1.54) is 12.8 Å². The van der Waals surface area contributed by atoms with Crippen molar-refractivity contribution in [1.29, 1.82) is 0 Å². The predicted octanol–water partition coefficient (Wildman–Crippen LogP) is 2.44. The van der Waals surface area contributed by atoms with E-state index in [-0.39, 0.29) is 0 Å². The molecule has 1 fully saturated rings. The van der Waals surface area contributed by atoms with Crippen molar-refractivity contribution < 1.29 is 0 Å². The lowest BCUT2D eigenvalue weighted by Crippen LogP contribution is -1.42. The molecule has 0 heteroatoms. The van der Waals surface area contributed by atoms with Crippen LogP contribution >= 0.6 is 0 Å². The third-order valence-corrected chi connectivity index (χ3v) is 0.866. The van der Waals surface area contributed by atoms with Crippen LogP contribution in [0.3, 0.4) is 0 Å². The maximum atomic E-state index is 2.28. The lowest BCUT2D eigenvalue weighted by atomic mass is 10.5. The van der Waals surface area contributed by atoms with E-state index in [2.05, 4.69) is 6.92 Å². The van der Waals surface area contributed by atoms with Gasteiger partial charge in [-0.15, -0.1) is 0 Å². The SMILES string of the molecule is CC.CC1CC1. The lowest BCUT2D eigenvalue weighted by molar-refractivity contribution is 0.983. The molecule has 0 nitrogen and oxygen atoms in total. The van der Waals surface area contributed by atoms with Crippen molar-refractivity contribution in [2.75, 3.05) is 0 Å². The number of hydrogen-bond donors (Lipinski definition) is 0. The normalized spacial score (nSPS) is 18.5. The highest BCUT2D eigenvalue weighted by Crippen LogP contribution is 2.26. The lowest BCUT2D eigenvalue weighted by Gasteiger charge is -1.53. The second kappa shape index (κ2) is 3.20. The zero-order valence-electron chi connectivity index (χ0n) is 4.99. The molecule has 1 aliphatic carbocycles. The Bertz CT molecular complexity index is 19.2. The molecule has 0 radical (unpaired) electrons. The highest BCUT2D eigenvalue weighted by Gasteiger charge is 2.12. The van der Waals surface area contributed by atoms with E-state index in [1.54, 1.807) is 0 Å². The molecule has 0 aliphatic heterocycles. The van der Waals surface area contributed by atoms with Gasteiger partial charge < -0.3 is 0 Å². The van der Waals surface area contributed by atoms with Crippen LogP contribution in [0.2, 0.25) is 0 Å². The summed E-state index contributed by atoms with van der Waals surface area (Å²) in [5.74, 6) is 1.08. The molecule has 0 aromatic rings. The molecule has 0 saturated heterocycles. The van der Waals surface area contributed by atoms with Crippen LogP contribution in [-0.4, -0.2) is 0 Å². The zero-order chi connectivity index (χ0) is 4.99. The molecular weight excluding hydrogens is 72.1 g/mol. The van der Waals surface area contributed by atoms with Crippen molar-refractivity contribution in [2.45, 2.75) is 33.6 Å². The summed E-state index contributed by atoms with van der Waals surface area (Å²) < 4.78 is 0. The van der Waals surface area contributed by atoms with Crippen molar-refractivity contribution in [2.24, 2.45) is 5.92 Å². The van der Waals surface area contributed by atoms with E-state index in [0.717, 1.165) is 5.92 Å². The van der Waals surface area contributed by atoms with Gasteiger partial charge in [0.25, 0.3) is 0 Å². The fraction of sp³-hybridized carbons (Fsp3) is 1.00. The number of hydrogen-bond acceptors (Lipinski definition) is 0. The van der Waals surface area contributed by atoms with Crippen LogP contribution < -0.4 is 0 Å². The van der Waals surface area contributed by atoms with Crippen molar-refractivity contribution in [3.63, 3.8) is 0 Å². The van der Waals surface area contributed by atoms with E-state index >= 15 is 0 Å². The third-order valence-electron chi connectivity index (χ3n) is 0.866. The minimum Gasteiger partial charge on any atom is -0.0683 e. The Morgan fingerprint density at radius 3 is 1.33 bits per heavy atom. The first-order chi connectivity index (χ1) is 2.89. The summed E-state index contributed by atoms with van der Waals surface area (Å²) in [6.45, 7) is 6.28. The smallest absolute Gasteiger partial charge is 0.0443 e. The largest absolute Gasteiger partial charge is 0.0683 e. The highest BCUT2D eigenvalue weighted by molar-refractivity contribution is 4.65. The minimum absolute atomic E-state index is 1.08. The Balaban J connectivity index is 0.000000112.